The van der Waals surface area contributed by atoms with Crippen LogP contribution in [0.2, 0.25) is 5.02 Å². The number of pyridine rings is 1. The van der Waals surface area contributed by atoms with Crippen molar-refractivity contribution in [1.82, 2.24) is 4.98 Å². The molecule has 0 aliphatic heterocycles. The van der Waals surface area contributed by atoms with Gasteiger partial charge < -0.3 is 5.73 Å². The summed E-state index contributed by atoms with van der Waals surface area (Å²) in [4.78, 5) is 4.13. The van der Waals surface area contributed by atoms with Gasteiger partial charge in [-0.3, -0.25) is 4.98 Å². The van der Waals surface area contributed by atoms with Gasteiger partial charge in [0.2, 0.25) is 0 Å². The topological polar surface area (TPSA) is 38.9 Å². The molecule has 0 spiro atoms. The molecule has 0 aliphatic rings. The Morgan fingerprint density at radius 2 is 2.17 bits per heavy atom. The highest BCUT2D eigenvalue weighted by molar-refractivity contribution is 9.10. The summed E-state index contributed by atoms with van der Waals surface area (Å²) in [6, 6.07) is 7.94. The molecular weight excluding hydrogens is 319 g/mol. The number of halogens is 3. The summed E-state index contributed by atoms with van der Waals surface area (Å²) < 4.78 is 14.4. The first-order valence-electron chi connectivity index (χ1n) is 5.38. The van der Waals surface area contributed by atoms with Crippen molar-refractivity contribution in [3.8, 4) is 0 Å². The standard InChI is InChI=1S/C13H11BrClFN2/c14-9-4-3-8(11(16)7-9)6-12(17)13-10(15)2-1-5-18-13/h1-5,7,12H,6,17H2. The predicted octanol–water partition coefficient (Wildman–Crippen LogP) is 3.88. The summed E-state index contributed by atoms with van der Waals surface area (Å²) in [6.07, 6.45) is 1.98. The minimum atomic E-state index is -0.422. The Hall–Kier alpha value is -0.970. The number of hydrogen-bond acceptors (Lipinski definition) is 2. The van der Waals surface area contributed by atoms with Crippen molar-refractivity contribution in [2.75, 3.05) is 0 Å². The zero-order valence-corrected chi connectivity index (χ0v) is 11.7. The minimum Gasteiger partial charge on any atom is -0.322 e. The molecule has 0 fully saturated rings. The molecule has 1 heterocycles. The van der Waals surface area contributed by atoms with E-state index in [-0.39, 0.29) is 5.82 Å². The molecule has 0 amide bonds. The second-order valence-electron chi connectivity index (χ2n) is 3.92. The number of nitrogens with zero attached hydrogens (tertiary/aromatic N) is 1. The molecule has 1 unspecified atom stereocenters. The Morgan fingerprint density at radius 3 is 2.83 bits per heavy atom. The highest BCUT2D eigenvalue weighted by Gasteiger charge is 2.14. The highest BCUT2D eigenvalue weighted by atomic mass is 79.9. The molecule has 94 valence electrons. The van der Waals surface area contributed by atoms with Crippen molar-refractivity contribution in [2.24, 2.45) is 5.73 Å². The van der Waals surface area contributed by atoms with Crippen molar-refractivity contribution in [2.45, 2.75) is 12.5 Å². The number of hydrogen-bond donors (Lipinski definition) is 1. The molecule has 0 radical (unpaired) electrons. The molecule has 0 bridgehead atoms. The molecule has 0 aliphatic carbocycles. The van der Waals surface area contributed by atoms with E-state index in [0.29, 0.717) is 27.2 Å². The third-order valence-corrected chi connectivity index (χ3v) is 3.41. The molecule has 2 aromatic rings. The lowest BCUT2D eigenvalue weighted by Crippen LogP contribution is -2.16. The molecule has 18 heavy (non-hydrogen) atoms. The molecule has 2 rings (SSSR count). The summed E-state index contributed by atoms with van der Waals surface area (Å²) >= 11 is 9.22. The van der Waals surface area contributed by atoms with E-state index in [9.17, 15) is 4.39 Å². The van der Waals surface area contributed by atoms with Crippen LogP contribution in [0.5, 0.6) is 0 Å². The first kappa shape index (κ1) is 13.5. The Morgan fingerprint density at radius 1 is 1.39 bits per heavy atom. The largest absolute Gasteiger partial charge is 0.322 e. The van der Waals surface area contributed by atoms with Crippen LogP contribution in [-0.2, 0) is 6.42 Å². The Bertz CT molecular complexity index is 562. The quantitative estimate of drug-likeness (QED) is 0.928. The van der Waals surface area contributed by atoms with Gasteiger partial charge in [0.15, 0.2) is 0 Å². The maximum absolute atomic E-state index is 13.7. The van der Waals surface area contributed by atoms with Crippen molar-refractivity contribution in [1.29, 1.82) is 0 Å². The Balaban J connectivity index is 2.21. The summed E-state index contributed by atoms with van der Waals surface area (Å²) in [5.74, 6) is -0.285. The van der Waals surface area contributed by atoms with Gasteiger partial charge in [0.25, 0.3) is 0 Å². The van der Waals surface area contributed by atoms with Crippen LogP contribution in [0.25, 0.3) is 0 Å². The molecule has 1 atom stereocenters. The third kappa shape index (κ3) is 3.07. The average Bonchev–Trinajstić information content (AvgIpc) is 2.33. The van der Waals surface area contributed by atoms with E-state index in [2.05, 4.69) is 20.9 Å². The van der Waals surface area contributed by atoms with Gasteiger partial charge in [-0.2, -0.15) is 0 Å². The van der Waals surface area contributed by atoms with Gasteiger partial charge in [0.1, 0.15) is 5.82 Å². The van der Waals surface area contributed by atoms with E-state index in [4.69, 9.17) is 17.3 Å². The monoisotopic (exact) mass is 328 g/mol. The van der Waals surface area contributed by atoms with E-state index < -0.39 is 6.04 Å². The zero-order chi connectivity index (χ0) is 13.1. The van der Waals surface area contributed by atoms with Crippen LogP contribution < -0.4 is 5.73 Å². The van der Waals surface area contributed by atoms with Gasteiger partial charge in [-0.25, -0.2) is 4.39 Å². The lowest BCUT2D eigenvalue weighted by molar-refractivity contribution is 0.589. The van der Waals surface area contributed by atoms with Crippen LogP contribution >= 0.6 is 27.5 Å². The van der Waals surface area contributed by atoms with Gasteiger partial charge >= 0.3 is 0 Å². The van der Waals surface area contributed by atoms with E-state index >= 15 is 0 Å². The zero-order valence-electron chi connectivity index (χ0n) is 9.41. The molecule has 0 saturated carbocycles. The second kappa shape index (κ2) is 5.78. The van der Waals surface area contributed by atoms with E-state index in [1.54, 1.807) is 30.5 Å². The Labute approximate surface area is 118 Å². The van der Waals surface area contributed by atoms with Crippen LogP contribution in [0.15, 0.2) is 41.0 Å². The minimum absolute atomic E-state index is 0.285. The molecular formula is C13H11BrClFN2. The number of benzene rings is 1. The summed E-state index contributed by atoms with van der Waals surface area (Å²) in [6.45, 7) is 0. The van der Waals surface area contributed by atoms with Crippen molar-refractivity contribution in [3.63, 3.8) is 0 Å². The van der Waals surface area contributed by atoms with Crippen molar-refractivity contribution in [3.05, 3.63) is 63.1 Å². The molecule has 2 N–H and O–H groups in total. The normalized spacial score (nSPS) is 12.4. The lowest BCUT2D eigenvalue weighted by Gasteiger charge is -2.13. The van der Waals surface area contributed by atoms with Gasteiger partial charge in [-0.05, 0) is 36.2 Å². The lowest BCUT2D eigenvalue weighted by atomic mass is 10.0. The van der Waals surface area contributed by atoms with Crippen molar-refractivity contribution >= 4 is 27.5 Å². The van der Waals surface area contributed by atoms with Gasteiger partial charge in [0, 0.05) is 10.7 Å². The van der Waals surface area contributed by atoms with Crippen molar-refractivity contribution < 1.29 is 4.39 Å². The summed E-state index contributed by atoms with van der Waals surface area (Å²) in [5, 5.41) is 0.502. The molecule has 2 nitrogen and oxygen atoms in total. The van der Waals surface area contributed by atoms with E-state index in [0.717, 1.165) is 0 Å². The van der Waals surface area contributed by atoms with Gasteiger partial charge in [-0.15, -0.1) is 0 Å². The molecule has 1 aromatic heterocycles. The molecule has 1 aromatic carbocycles. The first-order valence-corrected chi connectivity index (χ1v) is 6.55. The fraction of sp³-hybridized carbons (Fsp3) is 0.154. The number of rotatable bonds is 3. The fourth-order valence-corrected chi connectivity index (χ4v) is 2.29. The van der Waals surface area contributed by atoms with E-state index in [1.807, 2.05) is 0 Å². The second-order valence-corrected chi connectivity index (χ2v) is 5.24. The average molecular weight is 330 g/mol. The van der Waals surface area contributed by atoms with E-state index in [1.165, 1.54) is 6.07 Å². The van der Waals surface area contributed by atoms with Crippen LogP contribution in [-0.4, -0.2) is 4.98 Å². The third-order valence-electron chi connectivity index (χ3n) is 2.59. The summed E-state index contributed by atoms with van der Waals surface area (Å²) in [7, 11) is 0. The Kier molecular flexibility index (Phi) is 4.32. The van der Waals surface area contributed by atoms with Crippen LogP contribution in [0, 0.1) is 5.82 Å². The molecule has 0 saturated heterocycles. The number of aromatic nitrogens is 1. The first-order chi connectivity index (χ1) is 8.58. The smallest absolute Gasteiger partial charge is 0.127 e. The van der Waals surface area contributed by atoms with Crippen LogP contribution in [0.4, 0.5) is 4.39 Å². The summed E-state index contributed by atoms with van der Waals surface area (Å²) in [5.41, 5.74) is 7.14. The SMILES string of the molecule is NC(Cc1ccc(Br)cc1F)c1ncccc1Cl. The predicted molar refractivity (Wildman–Crippen MR) is 74.0 cm³/mol. The highest BCUT2D eigenvalue weighted by Crippen LogP contribution is 2.23. The number of nitrogens with two attached hydrogens (primary N) is 1. The maximum Gasteiger partial charge on any atom is 0.127 e. The van der Waals surface area contributed by atoms with Gasteiger partial charge in [-0.1, -0.05) is 33.6 Å². The fourth-order valence-electron chi connectivity index (χ4n) is 1.69. The maximum atomic E-state index is 13.7. The van der Waals surface area contributed by atoms with Crippen LogP contribution in [0.3, 0.4) is 0 Å². The van der Waals surface area contributed by atoms with Crippen LogP contribution in [0.1, 0.15) is 17.3 Å². The van der Waals surface area contributed by atoms with Gasteiger partial charge in [0.05, 0.1) is 16.8 Å². The molecule has 5 heteroatoms.